The van der Waals surface area contributed by atoms with Crippen LogP contribution in [0.5, 0.6) is 0 Å². The minimum atomic E-state index is -0.221. The Hall–Kier alpha value is -2.01. The van der Waals surface area contributed by atoms with Gasteiger partial charge in [-0.15, -0.1) is 11.3 Å². The molecule has 0 saturated carbocycles. The molecule has 0 radical (unpaired) electrons. The largest absolute Gasteiger partial charge is 0.296 e. The highest BCUT2D eigenvalue weighted by Gasteiger charge is 2.13. The molecular formula is C15H14N2O2S. The smallest absolute Gasteiger partial charge is 0.266 e. The van der Waals surface area contributed by atoms with E-state index in [0.717, 1.165) is 11.1 Å². The molecule has 4 nitrogen and oxygen atoms in total. The van der Waals surface area contributed by atoms with Crippen molar-refractivity contribution >= 4 is 31.6 Å². The fraction of sp³-hybridized carbons (Fsp3) is 0.267. The first-order chi connectivity index (χ1) is 9.63. The van der Waals surface area contributed by atoms with Crippen LogP contribution in [0.1, 0.15) is 19.2 Å². The van der Waals surface area contributed by atoms with Crippen molar-refractivity contribution in [3.8, 4) is 0 Å². The number of aromatic nitrogens is 2. The number of hydrogen-bond donors (Lipinski definition) is 0. The first-order valence-corrected chi connectivity index (χ1v) is 7.38. The molecule has 3 aromatic rings. The van der Waals surface area contributed by atoms with Crippen molar-refractivity contribution in [3.05, 3.63) is 50.7 Å². The molecule has 5 heteroatoms. The van der Waals surface area contributed by atoms with E-state index in [2.05, 4.69) is 4.98 Å². The molecule has 0 N–H and O–H groups in total. The van der Waals surface area contributed by atoms with Gasteiger partial charge >= 0.3 is 0 Å². The summed E-state index contributed by atoms with van der Waals surface area (Å²) in [6, 6.07) is 7.34. The normalized spacial score (nSPS) is 11.3. The Morgan fingerprint density at radius 3 is 2.75 bits per heavy atom. The topological polar surface area (TPSA) is 52.0 Å². The van der Waals surface area contributed by atoms with Crippen LogP contribution < -0.4 is 11.0 Å². The lowest BCUT2D eigenvalue weighted by molar-refractivity contribution is 0.625. The molecule has 0 aliphatic rings. The molecule has 0 atom stereocenters. The minimum absolute atomic E-state index is 0.211. The number of nitrogens with zero attached hydrogens (tertiary/aromatic N) is 2. The molecule has 2 heterocycles. The van der Waals surface area contributed by atoms with Crippen molar-refractivity contribution in [2.75, 3.05) is 0 Å². The molecular weight excluding hydrogens is 272 g/mol. The second-order valence-corrected chi connectivity index (χ2v) is 5.75. The summed E-state index contributed by atoms with van der Waals surface area (Å²) in [6.07, 6.45) is 0.832. The maximum atomic E-state index is 12.5. The molecule has 0 unspecified atom stereocenters. The third kappa shape index (κ3) is 1.86. The highest BCUT2D eigenvalue weighted by molar-refractivity contribution is 7.24. The quantitative estimate of drug-likeness (QED) is 0.681. The number of benzene rings is 1. The van der Waals surface area contributed by atoms with Crippen molar-refractivity contribution in [2.24, 2.45) is 0 Å². The lowest BCUT2D eigenvalue weighted by Gasteiger charge is -2.09. The summed E-state index contributed by atoms with van der Waals surface area (Å²) >= 11 is 1.40. The average molecular weight is 286 g/mol. The van der Waals surface area contributed by atoms with E-state index in [-0.39, 0.29) is 16.4 Å². The Morgan fingerprint density at radius 2 is 2.00 bits per heavy atom. The molecule has 0 fully saturated rings. The van der Waals surface area contributed by atoms with E-state index in [1.807, 2.05) is 32.0 Å². The van der Waals surface area contributed by atoms with Gasteiger partial charge in [-0.2, -0.15) is 0 Å². The average Bonchev–Trinajstić information content (AvgIpc) is 2.43. The molecule has 0 aliphatic heterocycles. The van der Waals surface area contributed by atoms with Gasteiger partial charge in [0.1, 0.15) is 16.0 Å². The van der Waals surface area contributed by atoms with Crippen molar-refractivity contribution in [1.29, 1.82) is 0 Å². The van der Waals surface area contributed by atoms with E-state index in [4.69, 9.17) is 0 Å². The SMILES string of the molecule is CCCn1c(C)nc2sc3ccccc3c(=O)c2c1=O. The molecule has 20 heavy (non-hydrogen) atoms. The van der Waals surface area contributed by atoms with Gasteiger partial charge in [0.2, 0.25) is 5.43 Å². The number of rotatable bonds is 2. The van der Waals surface area contributed by atoms with Crippen LogP contribution in [0.15, 0.2) is 33.9 Å². The molecule has 3 rings (SSSR count). The number of fused-ring (bicyclic) bond motifs is 2. The fourth-order valence-corrected chi connectivity index (χ4v) is 3.46. The van der Waals surface area contributed by atoms with E-state index in [1.165, 1.54) is 11.3 Å². The zero-order valence-corrected chi connectivity index (χ0v) is 12.2. The summed E-state index contributed by atoms with van der Waals surface area (Å²) < 4.78 is 2.45. The van der Waals surface area contributed by atoms with Gasteiger partial charge in [-0.1, -0.05) is 19.1 Å². The lowest BCUT2D eigenvalue weighted by Crippen LogP contribution is -2.27. The van der Waals surface area contributed by atoms with Crippen LogP contribution in [0, 0.1) is 6.92 Å². The van der Waals surface area contributed by atoms with Crippen molar-refractivity contribution in [3.63, 3.8) is 0 Å². The van der Waals surface area contributed by atoms with E-state index in [0.29, 0.717) is 22.6 Å². The Labute approximate surface area is 119 Å². The first kappa shape index (κ1) is 13.0. The second kappa shape index (κ2) is 4.83. The van der Waals surface area contributed by atoms with Crippen molar-refractivity contribution in [2.45, 2.75) is 26.8 Å². The minimum Gasteiger partial charge on any atom is -0.296 e. The van der Waals surface area contributed by atoms with Crippen LogP contribution in [-0.4, -0.2) is 9.55 Å². The summed E-state index contributed by atoms with van der Waals surface area (Å²) in [5.74, 6) is 0.662. The summed E-state index contributed by atoms with van der Waals surface area (Å²) in [5.41, 5.74) is -0.432. The summed E-state index contributed by atoms with van der Waals surface area (Å²) in [6.45, 7) is 4.39. The predicted octanol–water partition coefficient (Wildman–Crippen LogP) is 2.69. The Kier molecular flexibility index (Phi) is 3.14. The van der Waals surface area contributed by atoms with Gasteiger partial charge in [-0.25, -0.2) is 4.98 Å². The monoisotopic (exact) mass is 286 g/mol. The molecule has 1 aromatic carbocycles. The second-order valence-electron chi connectivity index (χ2n) is 4.72. The van der Waals surface area contributed by atoms with E-state index in [9.17, 15) is 9.59 Å². The van der Waals surface area contributed by atoms with Crippen LogP contribution >= 0.6 is 11.3 Å². The lowest BCUT2D eigenvalue weighted by atomic mass is 10.2. The molecule has 102 valence electrons. The highest BCUT2D eigenvalue weighted by Crippen LogP contribution is 2.21. The van der Waals surface area contributed by atoms with Crippen LogP contribution in [-0.2, 0) is 6.54 Å². The predicted molar refractivity (Wildman–Crippen MR) is 82.7 cm³/mol. The van der Waals surface area contributed by atoms with Gasteiger partial charge in [-0.05, 0) is 25.5 Å². The van der Waals surface area contributed by atoms with Gasteiger partial charge < -0.3 is 0 Å². The molecule has 2 aromatic heterocycles. The first-order valence-electron chi connectivity index (χ1n) is 6.56. The zero-order valence-electron chi connectivity index (χ0n) is 11.3. The molecule has 0 amide bonds. The summed E-state index contributed by atoms with van der Waals surface area (Å²) in [4.78, 5) is 30.0. The highest BCUT2D eigenvalue weighted by atomic mass is 32.1. The molecule has 0 bridgehead atoms. The Morgan fingerprint density at radius 1 is 1.25 bits per heavy atom. The maximum Gasteiger partial charge on any atom is 0.266 e. The van der Waals surface area contributed by atoms with Crippen LogP contribution in [0.4, 0.5) is 0 Å². The van der Waals surface area contributed by atoms with E-state index < -0.39 is 0 Å². The van der Waals surface area contributed by atoms with Gasteiger partial charge in [0, 0.05) is 16.6 Å². The molecule has 0 saturated heterocycles. The third-order valence-electron chi connectivity index (χ3n) is 3.34. The van der Waals surface area contributed by atoms with Crippen LogP contribution in [0.3, 0.4) is 0 Å². The Balaban J connectivity index is 2.54. The van der Waals surface area contributed by atoms with Gasteiger partial charge in [-0.3, -0.25) is 14.2 Å². The van der Waals surface area contributed by atoms with Crippen LogP contribution in [0.2, 0.25) is 0 Å². The van der Waals surface area contributed by atoms with Gasteiger partial charge in [0.25, 0.3) is 5.56 Å². The summed E-state index contributed by atoms with van der Waals surface area (Å²) in [5, 5.41) is 0.809. The molecule has 0 spiro atoms. The Bertz CT molecular complexity index is 925. The third-order valence-corrected chi connectivity index (χ3v) is 4.40. The van der Waals surface area contributed by atoms with E-state index >= 15 is 0 Å². The zero-order chi connectivity index (χ0) is 14.3. The molecule has 0 aliphatic carbocycles. The fourth-order valence-electron chi connectivity index (χ4n) is 2.37. The summed E-state index contributed by atoms with van der Waals surface area (Å²) in [7, 11) is 0. The van der Waals surface area contributed by atoms with Crippen molar-refractivity contribution < 1.29 is 0 Å². The van der Waals surface area contributed by atoms with E-state index in [1.54, 1.807) is 10.6 Å². The van der Waals surface area contributed by atoms with Crippen LogP contribution in [0.25, 0.3) is 20.3 Å². The number of hydrogen-bond acceptors (Lipinski definition) is 4. The number of aryl methyl sites for hydroxylation is 1. The van der Waals surface area contributed by atoms with Crippen molar-refractivity contribution in [1.82, 2.24) is 9.55 Å². The van der Waals surface area contributed by atoms with Gasteiger partial charge in [0.05, 0.1) is 0 Å². The van der Waals surface area contributed by atoms with Gasteiger partial charge in [0.15, 0.2) is 0 Å². The standard InChI is InChI=1S/C15H14N2O2S/c1-3-8-17-9(2)16-14-12(15(17)19)13(18)10-6-4-5-7-11(10)20-14/h4-7H,3,8H2,1-2H3. The maximum absolute atomic E-state index is 12.5.